The second-order valence-corrected chi connectivity index (χ2v) is 11.9. The SMILES string of the molecule is CC1(C)Cc2nc(C3CCCC3)c(C(=O)c3ccc(C(F)(F)F)cc3)c(C3CCCCC3)c2[C@@H](O)C1. The molecule has 1 heterocycles. The van der Waals surface area contributed by atoms with Crippen LogP contribution in [0.2, 0.25) is 0 Å². The van der Waals surface area contributed by atoms with Gasteiger partial charge in [0.2, 0.25) is 0 Å². The summed E-state index contributed by atoms with van der Waals surface area (Å²) in [6, 6.07) is 4.58. The van der Waals surface area contributed by atoms with Crippen LogP contribution in [0.5, 0.6) is 0 Å². The van der Waals surface area contributed by atoms with Crippen LogP contribution < -0.4 is 0 Å². The molecule has 5 rings (SSSR count). The number of benzene rings is 1. The lowest BCUT2D eigenvalue weighted by molar-refractivity contribution is -0.137. The van der Waals surface area contributed by atoms with E-state index in [0.717, 1.165) is 98.9 Å². The lowest BCUT2D eigenvalue weighted by Crippen LogP contribution is -2.31. The summed E-state index contributed by atoms with van der Waals surface area (Å²) in [7, 11) is 0. The van der Waals surface area contributed by atoms with Crippen molar-refractivity contribution in [3.63, 3.8) is 0 Å². The topological polar surface area (TPSA) is 50.2 Å². The Morgan fingerprint density at radius 1 is 0.917 bits per heavy atom. The highest BCUT2D eigenvalue weighted by molar-refractivity contribution is 6.11. The minimum atomic E-state index is -4.45. The number of pyridine rings is 1. The van der Waals surface area contributed by atoms with Gasteiger partial charge in [0.25, 0.3) is 0 Å². The number of aliphatic hydroxyl groups excluding tert-OH is 1. The van der Waals surface area contributed by atoms with Crippen molar-refractivity contribution < 1.29 is 23.1 Å². The molecule has 3 aliphatic carbocycles. The van der Waals surface area contributed by atoms with E-state index in [2.05, 4.69) is 13.8 Å². The number of hydrogen-bond acceptors (Lipinski definition) is 3. The van der Waals surface area contributed by atoms with Crippen molar-refractivity contribution >= 4 is 5.78 Å². The van der Waals surface area contributed by atoms with E-state index >= 15 is 0 Å². The van der Waals surface area contributed by atoms with Crippen LogP contribution in [0.4, 0.5) is 13.2 Å². The van der Waals surface area contributed by atoms with Gasteiger partial charge < -0.3 is 5.11 Å². The second kappa shape index (κ2) is 9.59. The van der Waals surface area contributed by atoms with Gasteiger partial charge in [-0.1, -0.05) is 58.1 Å². The summed E-state index contributed by atoms with van der Waals surface area (Å²) in [6.45, 7) is 4.30. The molecule has 6 heteroatoms. The van der Waals surface area contributed by atoms with E-state index in [1.54, 1.807) is 0 Å². The van der Waals surface area contributed by atoms with Gasteiger partial charge in [-0.05, 0) is 67.6 Å². The fourth-order valence-corrected chi connectivity index (χ4v) is 6.85. The highest BCUT2D eigenvalue weighted by Gasteiger charge is 2.40. The third-order valence-electron chi connectivity index (χ3n) is 8.56. The lowest BCUT2D eigenvalue weighted by atomic mass is 9.69. The van der Waals surface area contributed by atoms with E-state index in [1.165, 1.54) is 12.1 Å². The summed E-state index contributed by atoms with van der Waals surface area (Å²) in [5.74, 6) is 0.0895. The number of ketones is 1. The average Bonchev–Trinajstić information content (AvgIpc) is 3.37. The molecule has 0 saturated heterocycles. The quantitative estimate of drug-likeness (QED) is 0.433. The Balaban J connectivity index is 1.72. The first-order valence-electron chi connectivity index (χ1n) is 13.5. The smallest absolute Gasteiger partial charge is 0.388 e. The van der Waals surface area contributed by atoms with Crippen molar-refractivity contribution in [2.45, 2.75) is 109 Å². The zero-order chi connectivity index (χ0) is 25.7. The lowest BCUT2D eigenvalue weighted by Gasteiger charge is -2.39. The molecule has 3 aliphatic rings. The number of nitrogens with zero attached hydrogens (tertiary/aromatic N) is 1. The van der Waals surface area contributed by atoms with Gasteiger partial charge >= 0.3 is 6.18 Å². The third-order valence-corrected chi connectivity index (χ3v) is 8.56. The van der Waals surface area contributed by atoms with E-state index < -0.39 is 17.8 Å². The van der Waals surface area contributed by atoms with Gasteiger partial charge in [0, 0.05) is 28.3 Å². The number of fused-ring (bicyclic) bond motifs is 1. The molecule has 0 aliphatic heterocycles. The Kier molecular flexibility index (Phi) is 6.78. The minimum absolute atomic E-state index is 0.0881. The largest absolute Gasteiger partial charge is 0.416 e. The fourth-order valence-electron chi connectivity index (χ4n) is 6.85. The Labute approximate surface area is 211 Å². The average molecular weight is 500 g/mol. The number of halogens is 3. The van der Waals surface area contributed by atoms with Crippen molar-refractivity contribution in [2.75, 3.05) is 0 Å². The van der Waals surface area contributed by atoms with Crippen LogP contribution in [0, 0.1) is 5.41 Å². The van der Waals surface area contributed by atoms with Gasteiger partial charge in [-0.2, -0.15) is 13.2 Å². The number of aliphatic hydroxyl groups is 1. The predicted molar refractivity (Wildman–Crippen MR) is 133 cm³/mol. The maximum atomic E-state index is 14.2. The first kappa shape index (κ1) is 25.4. The summed E-state index contributed by atoms with van der Waals surface area (Å²) in [5, 5.41) is 11.4. The van der Waals surface area contributed by atoms with Gasteiger partial charge in [-0.15, -0.1) is 0 Å². The number of hydrogen-bond donors (Lipinski definition) is 1. The molecule has 1 aromatic heterocycles. The Morgan fingerprint density at radius 2 is 1.50 bits per heavy atom. The zero-order valence-corrected chi connectivity index (χ0v) is 21.3. The molecular formula is C30H36F3NO2. The summed E-state index contributed by atoms with van der Waals surface area (Å²) in [5.41, 5.74) is 3.51. The van der Waals surface area contributed by atoms with Crippen molar-refractivity contribution in [1.29, 1.82) is 0 Å². The Bertz CT molecular complexity index is 1120. The van der Waals surface area contributed by atoms with Crippen LogP contribution in [-0.4, -0.2) is 15.9 Å². The fraction of sp³-hybridized carbons (Fsp3) is 0.600. The highest BCUT2D eigenvalue weighted by Crippen LogP contribution is 2.49. The van der Waals surface area contributed by atoms with Crippen LogP contribution in [0.15, 0.2) is 24.3 Å². The van der Waals surface area contributed by atoms with Gasteiger partial charge in [0.05, 0.1) is 17.4 Å². The summed E-state index contributed by atoms with van der Waals surface area (Å²) < 4.78 is 39.6. The number of carbonyl (C=O) groups excluding carboxylic acids is 1. The summed E-state index contributed by atoms with van der Waals surface area (Å²) >= 11 is 0. The van der Waals surface area contributed by atoms with E-state index in [9.17, 15) is 23.1 Å². The Hall–Kier alpha value is -2.21. The van der Waals surface area contributed by atoms with E-state index in [4.69, 9.17) is 4.98 Å². The van der Waals surface area contributed by atoms with Crippen LogP contribution in [0.25, 0.3) is 0 Å². The molecule has 1 N–H and O–H groups in total. The standard InChI is InChI=1S/C30H36F3NO2/c1-29(2)16-22-25(23(35)17-29)24(18-8-4-3-5-9-18)26(27(34-22)19-10-6-7-11-19)28(36)20-12-14-21(15-13-20)30(31,32)33/h12-15,18-19,23,35H,3-11,16-17H2,1-2H3/t23-/m0/s1. The minimum Gasteiger partial charge on any atom is -0.388 e. The molecule has 0 unspecified atom stereocenters. The van der Waals surface area contributed by atoms with Gasteiger partial charge in [-0.3, -0.25) is 9.78 Å². The van der Waals surface area contributed by atoms with E-state index in [0.29, 0.717) is 12.0 Å². The predicted octanol–water partition coefficient (Wildman–Crippen LogP) is 8.04. The molecule has 1 atom stereocenters. The second-order valence-electron chi connectivity index (χ2n) is 11.9. The number of aromatic nitrogens is 1. The molecule has 0 radical (unpaired) electrons. The van der Waals surface area contributed by atoms with E-state index in [1.807, 2.05) is 0 Å². The molecule has 36 heavy (non-hydrogen) atoms. The van der Waals surface area contributed by atoms with Crippen molar-refractivity contribution in [3.8, 4) is 0 Å². The van der Waals surface area contributed by atoms with Crippen molar-refractivity contribution in [2.24, 2.45) is 5.41 Å². The van der Waals surface area contributed by atoms with Crippen LogP contribution in [0.1, 0.15) is 140 Å². The Morgan fingerprint density at radius 3 is 2.11 bits per heavy atom. The van der Waals surface area contributed by atoms with E-state index in [-0.39, 0.29) is 28.6 Å². The number of rotatable bonds is 4. The molecule has 2 aromatic rings. The van der Waals surface area contributed by atoms with Crippen molar-refractivity contribution in [3.05, 3.63) is 63.5 Å². The van der Waals surface area contributed by atoms with Crippen LogP contribution in [-0.2, 0) is 12.6 Å². The summed E-state index contributed by atoms with van der Waals surface area (Å²) in [4.78, 5) is 19.3. The van der Waals surface area contributed by atoms with Gasteiger partial charge in [0.15, 0.2) is 5.78 Å². The molecule has 3 nitrogen and oxygen atoms in total. The normalized spacial score (nSPS) is 23.0. The molecular weight excluding hydrogens is 463 g/mol. The van der Waals surface area contributed by atoms with Crippen molar-refractivity contribution in [1.82, 2.24) is 4.98 Å². The maximum Gasteiger partial charge on any atom is 0.416 e. The van der Waals surface area contributed by atoms with Crippen LogP contribution in [0.3, 0.4) is 0 Å². The molecule has 194 valence electrons. The molecule has 0 spiro atoms. The van der Waals surface area contributed by atoms with Gasteiger partial charge in [0.1, 0.15) is 0 Å². The highest BCUT2D eigenvalue weighted by atomic mass is 19.4. The molecule has 0 amide bonds. The third kappa shape index (κ3) is 4.85. The van der Waals surface area contributed by atoms with Gasteiger partial charge in [-0.25, -0.2) is 0 Å². The summed E-state index contributed by atoms with van der Waals surface area (Å²) in [6.07, 6.45) is 5.58. The number of carbonyl (C=O) groups is 1. The first-order valence-corrected chi connectivity index (χ1v) is 13.5. The zero-order valence-electron chi connectivity index (χ0n) is 21.3. The van der Waals surface area contributed by atoms with Crippen LogP contribution >= 0.6 is 0 Å². The molecule has 0 bridgehead atoms. The maximum absolute atomic E-state index is 14.2. The number of alkyl halides is 3. The molecule has 2 saturated carbocycles. The monoisotopic (exact) mass is 499 g/mol. The first-order chi connectivity index (χ1) is 17.0. The molecule has 1 aromatic carbocycles. The molecule has 2 fully saturated rings.